The summed E-state index contributed by atoms with van der Waals surface area (Å²) < 4.78 is 0. The van der Waals surface area contributed by atoms with Crippen molar-refractivity contribution in [2.45, 2.75) is 19.6 Å². The van der Waals surface area contributed by atoms with E-state index in [1.165, 1.54) is 5.56 Å². The lowest BCUT2D eigenvalue weighted by Gasteiger charge is -2.05. The van der Waals surface area contributed by atoms with Crippen molar-refractivity contribution in [1.29, 1.82) is 0 Å². The molecule has 2 aromatic heterocycles. The van der Waals surface area contributed by atoms with Gasteiger partial charge in [-0.15, -0.1) is 0 Å². The summed E-state index contributed by atoms with van der Waals surface area (Å²) in [5.74, 6) is 0. The molecular weight excluding hydrogens is 190 g/mol. The van der Waals surface area contributed by atoms with Crippen molar-refractivity contribution < 1.29 is 5.11 Å². The van der Waals surface area contributed by atoms with Gasteiger partial charge in [0.15, 0.2) is 0 Å². The zero-order chi connectivity index (χ0) is 10.7. The zero-order valence-electron chi connectivity index (χ0n) is 8.70. The van der Waals surface area contributed by atoms with Crippen LogP contribution in [0.15, 0.2) is 24.5 Å². The van der Waals surface area contributed by atoms with E-state index in [-0.39, 0.29) is 6.10 Å². The van der Waals surface area contributed by atoms with E-state index in [9.17, 15) is 0 Å². The molecule has 0 aromatic carbocycles. The summed E-state index contributed by atoms with van der Waals surface area (Å²) in [7, 11) is 0. The Morgan fingerprint density at radius 3 is 3.27 bits per heavy atom. The van der Waals surface area contributed by atoms with Gasteiger partial charge in [-0.2, -0.15) is 0 Å². The molecule has 3 N–H and O–H groups in total. The van der Waals surface area contributed by atoms with Gasteiger partial charge in [-0.25, -0.2) is 4.98 Å². The molecule has 0 spiro atoms. The van der Waals surface area contributed by atoms with E-state index in [0.717, 1.165) is 17.6 Å². The summed E-state index contributed by atoms with van der Waals surface area (Å²) in [5, 5.41) is 13.4. The smallest absolute Gasteiger partial charge is 0.137 e. The van der Waals surface area contributed by atoms with Crippen LogP contribution in [0.1, 0.15) is 12.5 Å². The van der Waals surface area contributed by atoms with Gasteiger partial charge in [0.2, 0.25) is 0 Å². The molecule has 80 valence electrons. The lowest BCUT2D eigenvalue weighted by Crippen LogP contribution is -2.23. The molecule has 0 bridgehead atoms. The highest BCUT2D eigenvalue weighted by molar-refractivity contribution is 5.79. The van der Waals surface area contributed by atoms with E-state index in [0.29, 0.717) is 6.54 Å². The number of aliphatic hydroxyl groups is 1. The average molecular weight is 205 g/mol. The van der Waals surface area contributed by atoms with Crippen LogP contribution in [0, 0.1) is 0 Å². The predicted octanol–water partition coefficient (Wildman–Crippen LogP) is 1.03. The number of fused-ring (bicyclic) bond motifs is 1. The van der Waals surface area contributed by atoms with Crippen LogP contribution in [0.4, 0.5) is 0 Å². The fraction of sp³-hybridized carbons (Fsp3) is 0.364. The van der Waals surface area contributed by atoms with Crippen LogP contribution >= 0.6 is 0 Å². The van der Waals surface area contributed by atoms with E-state index >= 15 is 0 Å². The van der Waals surface area contributed by atoms with Crippen molar-refractivity contribution in [3.05, 3.63) is 30.1 Å². The second-order valence-corrected chi connectivity index (χ2v) is 3.69. The summed E-state index contributed by atoms with van der Waals surface area (Å²) in [6.45, 7) is 3.12. The maximum absolute atomic E-state index is 9.11. The van der Waals surface area contributed by atoms with Gasteiger partial charge < -0.3 is 15.4 Å². The van der Waals surface area contributed by atoms with Crippen molar-refractivity contribution >= 4 is 11.0 Å². The van der Waals surface area contributed by atoms with Gasteiger partial charge in [0.25, 0.3) is 0 Å². The third-order valence-electron chi connectivity index (χ3n) is 2.29. The first-order valence-electron chi connectivity index (χ1n) is 5.07. The molecule has 1 unspecified atom stereocenters. The highest BCUT2D eigenvalue weighted by atomic mass is 16.3. The molecule has 0 saturated heterocycles. The molecule has 0 radical (unpaired) electrons. The topological polar surface area (TPSA) is 60.9 Å². The number of rotatable bonds is 4. The van der Waals surface area contributed by atoms with Crippen LogP contribution < -0.4 is 5.32 Å². The minimum absolute atomic E-state index is 0.312. The van der Waals surface area contributed by atoms with Crippen LogP contribution in [0.5, 0.6) is 0 Å². The Balaban J connectivity index is 2.08. The zero-order valence-corrected chi connectivity index (χ0v) is 8.70. The first kappa shape index (κ1) is 10.1. The molecule has 0 aliphatic rings. The van der Waals surface area contributed by atoms with Crippen molar-refractivity contribution in [1.82, 2.24) is 15.3 Å². The van der Waals surface area contributed by atoms with E-state index in [1.807, 2.05) is 18.3 Å². The van der Waals surface area contributed by atoms with Crippen molar-refractivity contribution in [2.24, 2.45) is 0 Å². The SMILES string of the molecule is CC(O)CNCc1c[nH]c2ncccc12. The normalized spacial score (nSPS) is 13.2. The summed E-state index contributed by atoms with van der Waals surface area (Å²) >= 11 is 0. The first-order chi connectivity index (χ1) is 7.27. The Morgan fingerprint density at radius 1 is 1.60 bits per heavy atom. The number of aromatic nitrogens is 2. The molecule has 15 heavy (non-hydrogen) atoms. The fourth-order valence-corrected chi connectivity index (χ4v) is 1.57. The number of nitrogens with one attached hydrogen (secondary N) is 2. The lowest BCUT2D eigenvalue weighted by atomic mass is 10.2. The minimum Gasteiger partial charge on any atom is -0.392 e. The van der Waals surface area contributed by atoms with Crippen LogP contribution in [0.2, 0.25) is 0 Å². The van der Waals surface area contributed by atoms with Gasteiger partial charge in [0.05, 0.1) is 6.10 Å². The predicted molar refractivity (Wildman–Crippen MR) is 59.5 cm³/mol. The summed E-state index contributed by atoms with van der Waals surface area (Å²) in [5.41, 5.74) is 2.09. The number of hydrogen-bond donors (Lipinski definition) is 3. The molecule has 2 aromatic rings. The minimum atomic E-state index is -0.312. The Bertz CT molecular complexity index is 436. The van der Waals surface area contributed by atoms with Crippen LogP contribution in [0.3, 0.4) is 0 Å². The molecule has 2 heterocycles. The van der Waals surface area contributed by atoms with Gasteiger partial charge in [0.1, 0.15) is 5.65 Å². The summed E-state index contributed by atoms with van der Waals surface area (Å²) in [6.07, 6.45) is 3.41. The van der Waals surface area contributed by atoms with E-state index in [1.54, 1.807) is 13.1 Å². The van der Waals surface area contributed by atoms with Gasteiger partial charge in [-0.3, -0.25) is 0 Å². The van der Waals surface area contributed by atoms with E-state index < -0.39 is 0 Å². The number of hydrogen-bond acceptors (Lipinski definition) is 3. The van der Waals surface area contributed by atoms with Gasteiger partial charge in [-0.1, -0.05) is 0 Å². The molecule has 4 nitrogen and oxygen atoms in total. The number of aliphatic hydroxyl groups excluding tert-OH is 1. The average Bonchev–Trinajstić information content (AvgIpc) is 2.62. The number of nitrogens with zero attached hydrogens (tertiary/aromatic N) is 1. The molecule has 1 atom stereocenters. The first-order valence-corrected chi connectivity index (χ1v) is 5.07. The second kappa shape index (κ2) is 4.42. The Morgan fingerprint density at radius 2 is 2.47 bits per heavy atom. The Kier molecular flexibility index (Phi) is 2.99. The number of H-pyrrole nitrogens is 1. The van der Waals surface area contributed by atoms with E-state index in [2.05, 4.69) is 15.3 Å². The van der Waals surface area contributed by atoms with E-state index in [4.69, 9.17) is 5.11 Å². The molecule has 4 heteroatoms. The largest absolute Gasteiger partial charge is 0.392 e. The highest BCUT2D eigenvalue weighted by Gasteiger charge is 2.03. The fourth-order valence-electron chi connectivity index (χ4n) is 1.57. The van der Waals surface area contributed by atoms with Gasteiger partial charge in [0, 0.05) is 30.9 Å². The van der Waals surface area contributed by atoms with Crippen molar-refractivity contribution in [3.63, 3.8) is 0 Å². The van der Waals surface area contributed by atoms with Gasteiger partial charge >= 0.3 is 0 Å². The monoisotopic (exact) mass is 205 g/mol. The van der Waals surface area contributed by atoms with Gasteiger partial charge in [-0.05, 0) is 24.6 Å². The Hall–Kier alpha value is -1.39. The van der Waals surface area contributed by atoms with Crippen LogP contribution in [-0.2, 0) is 6.54 Å². The molecular formula is C11H15N3O. The highest BCUT2D eigenvalue weighted by Crippen LogP contribution is 2.14. The molecule has 0 amide bonds. The lowest BCUT2D eigenvalue weighted by molar-refractivity contribution is 0.191. The van der Waals surface area contributed by atoms with Crippen LogP contribution in [-0.4, -0.2) is 27.7 Å². The quantitative estimate of drug-likeness (QED) is 0.698. The van der Waals surface area contributed by atoms with Crippen LogP contribution in [0.25, 0.3) is 11.0 Å². The van der Waals surface area contributed by atoms with Crippen molar-refractivity contribution in [2.75, 3.05) is 6.54 Å². The third-order valence-corrected chi connectivity index (χ3v) is 2.29. The second-order valence-electron chi connectivity index (χ2n) is 3.69. The Labute approximate surface area is 88.3 Å². The van der Waals surface area contributed by atoms with Crippen molar-refractivity contribution in [3.8, 4) is 0 Å². The number of pyridine rings is 1. The molecule has 0 saturated carbocycles. The maximum atomic E-state index is 9.11. The molecule has 0 fully saturated rings. The third kappa shape index (κ3) is 2.34. The molecule has 0 aliphatic carbocycles. The maximum Gasteiger partial charge on any atom is 0.137 e. The summed E-state index contributed by atoms with van der Waals surface area (Å²) in [4.78, 5) is 7.33. The summed E-state index contributed by atoms with van der Waals surface area (Å²) in [6, 6.07) is 3.96. The molecule has 2 rings (SSSR count). The number of aromatic amines is 1. The molecule has 0 aliphatic heterocycles. The standard InChI is InChI=1S/C11H15N3O/c1-8(15)5-12-6-9-7-14-11-10(9)3-2-4-13-11/h2-4,7-8,12,15H,5-6H2,1H3,(H,13,14).